The SMILES string of the molecule is CC(C)c1ccc(Sc2cc3[nH]ncc3cc2N)cc1. The number of H-pyrrole nitrogens is 1. The first kappa shape index (κ1) is 13.1. The number of hydrogen-bond donors (Lipinski definition) is 2. The number of nitrogens with two attached hydrogens (primary N) is 1. The summed E-state index contributed by atoms with van der Waals surface area (Å²) >= 11 is 1.68. The van der Waals surface area contributed by atoms with E-state index in [0.29, 0.717) is 5.92 Å². The molecule has 102 valence electrons. The van der Waals surface area contributed by atoms with E-state index in [-0.39, 0.29) is 0 Å². The molecule has 0 atom stereocenters. The van der Waals surface area contributed by atoms with Crippen LogP contribution in [0.3, 0.4) is 0 Å². The molecule has 1 aromatic heterocycles. The molecule has 0 amide bonds. The molecule has 2 aromatic carbocycles. The van der Waals surface area contributed by atoms with Crippen molar-refractivity contribution in [1.82, 2.24) is 10.2 Å². The Morgan fingerprint density at radius 3 is 2.60 bits per heavy atom. The Balaban J connectivity index is 1.90. The predicted octanol–water partition coefficient (Wildman–Crippen LogP) is 4.42. The molecule has 0 saturated carbocycles. The van der Waals surface area contributed by atoms with Crippen LogP contribution in [-0.2, 0) is 0 Å². The number of aromatic amines is 1. The highest BCUT2D eigenvalue weighted by Crippen LogP contribution is 2.34. The lowest BCUT2D eigenvalue weighted by Gasteiger charge is -2.08. The summed E-state index contributed by atoms with van der Waals surface area (Å²) in [6.45, 7) is 4.40. The maximum atomic E-state index is 6.11. The first-order chi connectivity index (χ1) is 9.63. The minimum atomic E-state index is 0.556. The minimum Gasteiger partial charge on any atom is -0.398 e. The zero-order chi connectivity index (χ0) is 14.1. The summed E-state index contributed by atoms with van der Waals surface area (Å²) in [6, 6.07) is 12.7. The van der Waals surface area contributed by atoms with E-state index in [1.165, 1.54) is 10.5 Å². The van der Waals surface area contributed by atoms with Gasteiger partial charge in [-0.25, -0.2) is 0 Å². The third-order valence-corrected chi connectivity index (χ3v) is 4.43. The molecular formula is C16H17N3S. The van der Waals surface area contributed by atoms with E-state index in [1.54, 1.807) is 18.0 Å². The molecule has 1 heterocycles. The normalized spacial score (nSPS) is 11.3. The van der Waals surface area contributed by atoms with Gasteiger partial charge >= 0.3 is 0 Å². The van der Waals surface area contributed by atoms with Gasteiger partial charge in [-0.2, -0.15) is 5.10 Å². The minimum absolute atomic E-state index is 0.556. The van der Waals surface area contributed by atoms with Crippen LogP contribution in [0.1, 0.15) is 25.3 Å². The fourth-order valence-electron chi connectivity index (χ4n) is 2.13. The van der Waals surface area contributed by atoms with E-state index in [2.05, 4.69) is 54.4 Å². The average Bonchev–Trinajstić information content (AvgIpc) is 2.87. The first-order valence-electron chi connectivity index (χ1n) is 6.64. The van der Waals surface area contributed by atoms with Crippen molar-refractivity contribution in [1.29, 1.82) is 0 Å². The van der Waals surface area contributed by atoms with E-state index >= 15 is 0 Å². The molecule has 3 nitrogen and oxygen atoms in total. The molecule has 20 heavy (non-hydrogen) atoms. The molecule has 3 N–H and O–H groups in total. The van der Waals surface area contributed by atoms with E-state index < -0.39 is 0 Å². The molecule has 0 radical (unpaired) electrons. The monoisotopic (exact) mass is 283 g/mol. The number of rotatable bonds is 3. The Labute approximate surface area is 122 Å². The summed E-state index contributed by atoms with van der Waals surface area (Å²) in [5.41, 5.74) is 9.27. The van der Waals surface area contributed by atoms with Gasteiger partial charge in [0.1, 0.15) is 0 Å². The van der Waals surface area contributed by atoms with Gasteiger partial charge in [0.25, 0.3) is 0 Å². The Morgan fingerprint density at radius 1 is 1.15 bits per heavy atom. The van der Waals surface area contributed by atoms with Crippen molar-refractivity contribution in [3.63, 3.8) is 0 Å². The Kier molecular flexibility index (Phi) is 3.40. The number of nitrogens with one attached hydrogen (secondary N) is 1. The van der Waals surface area contributed by atoms with Gasteiger partial charge in [0.2, 0.25) is 0 Å². The van der Waals surface area contributed by atoms with Gasteiger partial charge in [0.05, 0.1) is 11.7 Å². The summed E-state index contributed by atoms with van der Waals surface area (Å²) in [7, 11) is 0. The first-order valence-corrected chi connectivity index (χ1v) is 7.45. The van der Waals surface area contributed by atoms with Crippen molar-refractivity contribution in [2.75, 3.05) is 5.73 Å². The topological polar surface area (TPSA) is 54.7 Å². The molecule has 4 heteroatoms. The average molecular weight is 283 g/mol. The van der Waals surface area contributed by atoms with E-state index in [1.807, 2.05) is 6.07 Å². The molecule has 0 aliphatic carbocycles. The highest BCUT2D eigenvalue weighted by Gasteiger charge is 2.06. The van der Waals surface area contributed by atoms with Crippen LogP contribution in [0.15, 0.2) is 52.4 Å². The van der Waals surface area contributed by atoms with Gasteiger partial charge < -0.3 is 5.73 Å². The van der Waals surface area contributed by atoms with Crippen LogP contribution in [-0.4, -0.2) is 10.2 Å². The van der Waals surface area contributed by atoms with Crippen LogP contribution in [0.25, 0.3) is 10.9 Å². The lowest BCUT2D eigenvalue weighted by Crippen LogP contribution is -1.89. The third kappa shape index (κ3) is 2.51. The van der Waals surface area contributed by atoms with Gasteiger partial charge in [0, 0.05) is 20.9 Å². The molecule has 0 aliphatic rings. The lowest BCUT2D eigenvalue weighted by molar-refractivity contribution is 0.865. The van der Waals surface area contributed by atoms with Crippen LogP contribution in [0.4, 0.5) is 5.69 Å². The van der Waals surface area contributed by atoms with Crippen molar-refractivity contribution in [3.8, 4) is 0 Å². The van der Waals surface area contributed by atoms with Crippen molar-refractivity contribution in [3.05, 3.63) is 48.2 Å². The zero-order valence-electron chi connectivity index (χ0n) is 11.6. The Morgan fingerprint density at radius 2 is 1.90 bits per heavy atom. The smallest absolute Gasteiger partial charge is 0.0663 e. The van der Waals surface area contributed by atoms with Crippen LogP contribution in [0, 0.1) is 0 Å². The van der Waals surface area contributed by atoms with Crippen molar-refractivity contribution in [2.24, 2.45) is 0 Å². The number of benzene rings is 2. The zero-order valence-corrected chi connectivity index (χ0v) is 12.4. The maximum absolute atomic E-state index is 6.11. The summed E-state index contributed by atoms with van der Waals surface area (Å²) in [4.78, 5) is 2.25. The molecule has 3 rings (SSSR count). The van der Waals surface area contributed by atoms with E-state index in [0.717, 1.165) is 21.5 Å². The molecule has 0 spiro atoms. The predicted molar refractivity (Wildman–Crippen MR) is 85.2 cm³/mol. The molecule has 0 saturated heterocycles. The number of nitrogens with zero attached hydrogens (tertiary/aromatic N) is 1. The maximum Gasteiger partial charge on any atom is 0.0663 e. The molecular weight excluding hydrogens is 266 g/mol. The van der Waals surface area contributed by atoms with Crippen molar-refractivity contribution >= 4 is 28.4 Å². The highest BCUT2D eigenvalue weighted by atomic mass is 32.2. The number of nitrogen functional groups attached to an aromatic ring is 1. The largest absolute Gasteiger partial charge is 0.398 e. The van der Waals surface area contributed by atoms with E-state index in [9.17, 15) is 0 Å². The second-order valence-corrected chi connectivity index (χ2v) is 6.29. The fourth-order valence-corrected chi connectivity index (χ4v) is 3.00. The number of aromatic nitrogens is 2. The molecule has 0 fully saturated rings. The third-order valence-electron chi connectivity index (χ3n) is 3.35. The van der Waals surface area contributed by atoms with Gasteiger partial charge in [-0.05, 0) is 35.7 Å². The van der Waals surface area contributed by atoms with Gasteiger partial charge in [0.15, 0.2) is 0 Å². The van der Waals surface area contributed by atoms with Gasteiger partial charge in [-0.15, -0.1) is 0 Å². The molecule has 0 aliphatic heterocycles. The molecule has 0 bridgehead atoms. The second-order valence-electron chi connectivity index (χ2n) is 5.17. The lowest BCUT2D eigenvalue weighted by atomic mass is 10.0. The second kappa shape index (κ2) is 5.21. The summed E-state index contributed by atoms with van der Waals surface area (Å²) in [5.74, 6) is 0.556. The summed E-state index contributed by atoms with van der Waals surface area (Å²) < 4.78 is 0. The van der Waals surface area contributed by atoms with Crippen molar-refractivity contribution < 1.29 is 0 Å². The fraction of sp³-hybridized carbons (Fsp3) is 0.188. The van der Waals surface area contributed by atoms with Crippen LogP contribution >= 0.6 is 11.8 Å². The van der Waals surface area contributed by atoms with E-state index in [4.69, 9.17) is 5.73 Å². The van der Waals surface area contributed by atoms with Crippen LogP contribution in [0.5, 0.6) is 0 Å². The highest BCUT2D eigenvalue weighted by molar-refractivity contribution is 7.99. The summed E-state index contributed by atoms with van der Waals surface area (Å²) in [6.07, 6.45) is 1.79. The quantitative estimate of drug-likeness (QED) is 0.700. The Bertz CT molecular complexity index is 729. The number of hydrogen-bond acceptors (Lipinski definition) is 3. The van der Waals surface area contributed by atoms with Crippen LogP contribution < -0.4 is 5.73 Å². The van der Waals surface area contributed by atoms with Crippen molar-refractivity contribution in [2.45, 2.75) is 29.6 Å². The number of anilines is 1. The van der Waals surface area contributed by atoms with Gasteiger partial charge in [-0.3, -0.25) is 5.10 Å². The number of fused-ring (bicyclic) bond motifs is 1. The molecule has 3 aromatic rings. The standard InChI is InChI=1S/C16H17N3S/c1-10(2)11-3-5-13(6-4-11)20-16-8-15-12(7-14(16)17)9-18-19-15/h3-10H,17H2,1-2H3,(H,18,19). The molecule has 0 unspecified atom stereocenters. The Hall–Kier alpha value is -1.94. The van der Waals surface area contributed by atoms with Gasteiger partial charge in [-0.1, -0.05) is 37.7 Å². The van der Waals surface area contributed by atoms with Crippen LogP contribution in [0.2, 0.25) is 0 Å². The summed E-state index contributed by atoms with van der Waals surface area (Å²) in [5, 5.41) is 8.05.